The first-order valence-electron chi connectivity index (χ1n) is 5.04. The highest BCUT2D eigenvalue weighted by Gasteiger charge is 2.62. The standard InChI is InChI=1S/C10H19NOS/c1-9(2)7-4-5-10(9,3)8(6-7)13(11)12/h7-8H,4-6,11H2,1-3H3. The molecule has 4 unspecified atom stereocenters. The highest BCUT2D eigenvalue weighted by molar-refractivity contribution is 7.83. The molecular formula is C10H19NOS. The summed E-state index contributed by atoms with van der Waals surface area (Å²) in [6.45, 7) is 6.91. The fourth-order valence-corrected chi connectivity index (χ4v) is 4.84. The van der Waals surface area contributed by atoms with Crippen LogP contribution in [0.4, 0.5) is 0 Å². The second-order valence-corrected chi connectivity index (χ2v) is 6.65. The third kappa shape index (κ3) is 1.00. The zero-order valence-corrected chi connectivity index (χ0v) is 9.49. The van der Waals surface area contributed by atoms with Gasteiger partial charge < -0.3 is 0 Å². The smallest absolute Gasteiger partial charge is 0.0925 e. The number of rotatable bonds is 1. The Labute approximate surface area is 82.9 Å². The molecule has 2 rings (SSSR count). The summed E-state index contributed by atoms with van der Waals surface area (Å²) in [5.74, 6) is 0.745. The minimum atomic E-state index is -1.13. The van der Waals surface area contributed by atoms with Gasteiger partial charge in [-0.1, -0.05) is 20.8 Å². The molecule has 2 saturated carbocycles. The molecule has 2 aliphatic carbocycles. The van der Waals surface area contributed by atoms with Crippen LogP contribution in [0.1, 0.15) is 40.0 Å². The molecule has 2 bridgehead atoms. The third-order valence-electron chi connectivity index (χ3n) is 4.99. The highest BCUT2D eigenvalue weighted by atomic mass is 32.2. The van der Waals surface area contributed by atoms with E-state index in [1.165, 1.54) is 12.8 Å². The molecule has 4 atom stereocenters. The monoisotopic (exact) mass is 201 g/mol. The van der Waals surface area contributed by atoms with Crippen molar-refractivity contribution >= 4 is 11.0 Å². The summed E-state index contributed by atoms with van der Waals surface area (Å²) in [6, 6.07) is 0. The van der Waals surface area contributed by atoms with E-state index in [1.807, 2.05) is 0 Å². The van der Waals surface area contributed by atoms with Crippen LogP contribution in [0.5, 0.6) is 0 Å². The zero-order valence-electron chi connectivity index (χ0n) is 8.67. The van der Waals surface area contributed by atoms with Crippen LogP contribution in [-0.4, -0.2) is 9.46 Å². The van der Waals surface area contributed by atoms with Gasteiger partial charge in [0.1, 0.15) is 0 Å². The Balaban J connectivity index is 2.38. The van der Waals surface area contributed by atoms with Crippen LogP contribution in [0.25, 0.3) is 0 Å². The van der Waals surface area contributed by atoms with E-state index in [9.17, 15) is 4.21 Å². The topological polar surface area (TPSA) is 43.1 Å². The van der Waals surface area contributed by atoms with Crippen molar-refractivity contribution in [2.24, 2.45) is 21.9 Å². The van der Waals surface area contributed by atoms with Crippen LogP contribution >= 0.6 is 0 Å². The van der Waals surface area contributed by atoms with Crippen LogP contribution in [0.3, 0.4) is 0 Å². The van der Waals surface area contributed by atoms with Gasteiger partial charge in [0.05, 0.1) is 16.2 Å². The molecule has 2 aliphatic rings. The fraction of sp³-hybridized carbons (Fsp3) is 1.00. The van der Waals surface area contributed by atoms with E-state index >= 15 is 0 Å². The average Bonchev–Trinajstić information content (AvgIpc) is 2.34. The second kappa shape index (κ2) is 2.57. The number of hydrogen-bond acceptors (Lipinski definition) is 1. The first-order valence-corrected chi connectivity index (χ1v) is 6.32. The molecule has 0 aromatic rings. The van der Waals surface area contributed by atoms with Crippen LogP contribution < -0.4 is 5.14 Å². The Morgan fingerprint density at radius 3 is 2.23 bits per heavy atom. The van der Waals surface area contributed by atoms with E-state index in [1.54, 1.807) is 0 Å². The predicted molar refractivity (Wildman–Crippen MR) is 55.3 cm³/mol. The van der Waals surface area contributed by atoms with Gasteiger partial charge in [-0.2, -0.15) is 0 Å². The van der Waals surface area contributed by atoms with Gasteiger partial charge >= 0.3 is 0 Å². The van der Waals surface area contributed by atoms with E-state index < -0.39 is 11.0 Å². The molecule has 0 aromatic carbocycles. The Bertz CT molecular complexity index is 264. The molecule has 2 nitrogen and oxygen atoms in total. The molecule has 0 aliphatic heterocycles. The van der Waals surface area contributed by atoms with Gasteiger partial charge in [-0.05, 0) is 36.0 Å². The number of nitrogens with two attached hydrogens (primary N) is 1. The largest absolute Gasteiger partial charge is 0.252 e. The molecule has 76 valence electrons. The molecule has 0 heterocycles. The molecule has 0 saturated heterocycles. The normalized spacial score (nSPS) is 49.5. The maximum absolute atomic E-state index is 11.4. The Morgan fingerprint density at radius 1 is 1.38 bits per heavy atom. The van der Waals surface area contributed by atoms with E-state index in [0.29, 0.717) is 5.41 Å². The van der Waals surface area contributed by atoms with Crippen molar-refractivity contribution in [3.05, 3.63) is 0 Å². The summed E-state index contributed by atoms with van der Waals surface area (Å²) >= 11 is 0. The van der Waals surface area contributed by atoms with E-state index in [2.05, 4.69) is 20.8 Å². The van der Waals surface area contributed by atoms with Crippen LogP contribution in [0.2, 0.25) is 0 Å². The van der Waals surface area contributed by atoms with E-state index in [0.717, 1.165) is 12.3 Å². The van der Waals surface area contributed by atoms with Crippen molar-refractivity contribution in [1.82, 2.24) is 0 Å². The van der Waals surface area contributed by atoms with Gasteiger partial charge in [0.2, 0.25) is 0 Å². The number of fused-ring (bicyclic) bond motifs is 2. The Morgan fingerprint density at radius 2 is 2.00 bits per heavy atom. The van der Waals surface area contributed by atoms with Crippen LogP contribution in [0.15, 0.2) is 0 Å². The van der Waals surface area contributed by atoms with Crippen molar-refractivity contribution in [3.8, 4) is 0 Å². The molecule has 2 N–H and O–H groups in total. The third-order valence-corrected chi connectivity index (χ3v) is 6.27. The molecule has 0 spiro atoms. The van der Waals surface area contributed by atoms with Crippen molar-refractivity contribution < 1.29 is 4.21 Å². The lowest BCUT2D eigenvalue weighted by Gasteiger charge is -2.37. The summed E-state index contributed by atoms with van der Waals surface area (Å²) in [7, 11) is -1.13. The lowest BCUT2D eigenvalue weighted by Crippen LogP contribution is -2.40. The summed E-state index contributed by atoms with van der Waals surface area (Å²) in [5.41, 5.74) is 0.559. The van der Waals surface area contributed by atoms with Gasteiger partial charge in [-0.3, -0.25) is 5.14 Å². The molecule has 3 heteroatoms. The second-order valence-electron chi connectivity index (χ2n) is 5.43. The maximum Gasteiger partial charge on any atom is 0.0925 e. The fourth-order valence-electron chi connectivity index (χ4n) is 3.48. The first-order chi connectivity index (χ1) is 5.89. The summed E-state index contributed by atoms with van der Waals surface area (Å²) in [4.78, 5) is 0. The van der Waals surface area contributed by atoms with Gasteiger partial charge in [-0.15, -0.1) is 0 Å². The molecule has 2 fully saturated rings. The minimum Gasteiger partial charge on any atom is -0.252 e. The predicted octanol–water partition coefficient (Wildman–Crippen LogP) is 1.82. The van der Waals surface area contributed by atoms with Crippen LogP contribution in [-0.2, 0) is 11.0 Å². The molecule has 0 aromatic heterocycles. The maximum atomic E-state index is 11.4. The van der Waals surface area contributed by atoms with E-state index in [4.69, 9.17) is 5.14 Å². The summed E-state index contributed by atoms with van der Waals surface area (Å²) < 4.78 is 11.4. The Hall–Kier alpha value is 0.110. The lowest BCUT2D eigenvalue weighted by atomic mass is 9.71. The molecule has 13 heavy (non-hydrogen) atoms. The van der Waals surface area contributed by atoms with Crippen molar-refractivity contribution in [2.75, 3.05) is 0 Å². The van der Waals surface area contributed by atoms with Gasteiger partial charge in [-0.25, -0.2) is 4.21 Å². The summed E-state index contributed by atoms with van der Waals surface area (Å²) in [6.07, 6.45) is 3.59. The van der Waals surface area contributed by atoms with Crippen molar-refractivity contribution in [1.29, 1.82) is 0 Å². The Kier molecular flexibility index (Phi) is 1.91. The summed E-state index contributed by atoms with van der Waals surface area (Å²) in [5, 5.41) is 5.80. The lowest BCUT2D eigenvalue weighted by molar-refractivity contribution is 0.155. The van der Waals surface area contributed by atoms with E-state index in [-0.39, 0.29) is 10.7 Å². The molecular weight excluding hydrogens is 182 g/mol. The molecule has 0 radical (unpaired) electrons. The van der Waals surface area contributed by atoms with Gasteiger partial charge in [0.25, 0.3) is 0 Å². The molecule has 0 amide bonds. The van der Waals surface area contributed by atoms with Crippen molar-refractivity contribution in [2.45, 2.75) is 45.3 Å². The first kappa shape index (κ1) is 9.66. The van der Waals surface area contributed by atoms with Crippen LogP contribution in [0, 0.1) is 16.7 Å². The number of hydrogen-bond donors (Lipinski definition) is 1. The quantitative estimate of drug-likeness (QED) is 0.691. The van der Waals surface area contributed by atoms with Gasteiger partial charge in [0, 0.05) is 0 Å². The van der Waals surface area contributed by atoms with Gasteiger partial charge in [0.15, 0.2) is 0 Å². The van der Waals surface area contributed by atoms with Crippen molar-refractivity contribution in [3.63, 3.8) is 0 Å². The zero-order chi connectivity index (χ0) is 9.85. The average molecular weight is 201 g/mol. The minimum absolute atomic E-state index is 0.220. The SMILES string of the molecule is CC1(C)C2CCC1(C)C(S(N)=O)C2. The highest BCUT2D eigenvalue weighted by Crippen LogP contribution is 2.66.